The predicted octanol–water partition coefficient (Wildman–Crippen LogP) is 4.25. The van der Waals surface area contributed by atoms with Crippen LogP contribution < -0.4 is 10.6 Å². The standard InChI is InChI=1S/C31H58N4O8/c1-30(2,3)42-28(38)32-16-9-7-8-14-26(36)40-24-12-10-18-34-20-22-35(23-21-34)19-11-13-25-41-27(37)15-17-33-29(39)43-31(4,5)6/h7-25H2,1-6H3,(H,32,38)(H,33,39). The normalized spacial score (nSPS) is 14.6. The van der Waals surface area contributed by atoms with Crippen molar-refractivity contribution >= 4 is 24.1 Å². The molecular formula is C31H58N4O8. The SMILES string of the molecule is CC(C)(C)OC(=O)NCCCCCC(=O)OCCCCN1CCN(CCCCOC(=O)CCNC(=O)OC(C)(C)C)CC1. The van der Waals surface area contributed by atoms with E-state index in [1.807, 2.05) is 20.8 Å². The molecule has 0 saturated carbocycles. The smallest absolute Gasteiger partial charge is 0.407 e. The first kappa shape index (κ1) is 38.4. The Morgan fingerprint density at radius 3 is 1.47 bits per heavy atom. The van der Waals surface area contributed by atoms with Gasteiger partial charge in [0, 0.05) is 45.7 Å². The first-order valence-corrected chi connectivity index (χ1v) is 15.9. The highest BCUT2D eigenvalue weighted by atomic mass is 16.6. The van der Waals surface area contributed by atoms with E-state index >= 15 is 0 Å². The number of rotatable bonds is 19. The minimum absolute atomic E-state index is 0.127. The van der Waals surface area contributed by atoms with Gasteiger partial charge in [-0.15, -0.1) is 0 Å². The van der Waals surface area contributed by atoms with E-state index in [4.69, 9.17) is 18.9 Å². The summed E-state index contributed by atoms with van der Waals surface area (Å²) < 4.78 is 20.9. The van der Waals surface area contributed by atoms with Crippen molar-refractivity contribution in [2.24, 2.45) is 0 Å². The lowest BCUT2D eigenvalue weighted by Gasteiger charge is -2.34. The Labute approximate surface area is 258 Å². The number of unbranched alkanes of at least 4 members (excludes halogenated alkanes) is 4. The Bertz CT molecular complexity index is 818. The zero-order valence-corrected chi connectivity index (χ0v) is 27.6. The summed E-state index contributed by atoms with van der Waals surface area (Å²) in [4.78, 5) is 51.8. The molecule has 2 amide bonds. The summed E-state index contributed by atoms with van der Waals surface area (Å²) in [6.45, 7) is 18.5. The van der Waals surface area contributed by atoms with Crippen LogP contribution in [-0.2, 0) is 28.5 Å². The minimum Gasteiger partial charge on any atom is -0.466 e. The second-order valence-electron chi connectivity index (χ2n) is 13.0. The monoisotopic (exact) mass is 614 g/mol. The maximum absolute atomic E-state index is 11.9. The van der Waals surface area contributed by atoms with Gasteiger partial charge in [-0.1, -0.05) is 6.42 Å². The highest BCUT2D eigenvalue weighted by Gasteiger charge is 2.18. The van der Waals surface area contributed by atoms with Crippen molar-refractivity contribution in [2.75, 3.05) is 65.6 Å². The molecule has 1 saturated heterocycles. The number of hydrogen-bond donors (Lipinski definition) is 2. The van der Waals surface area contributed by atoms with Crippen molar-refractivity contribution in [3.8, 4) is 0 Å². The first-order chi connectivity index (χ1) is 20.2. The number of carbonyl (C=O) groups excluding carboxylic acids is 4. The van der Waals surface area contributed by atoms with Gasteiger partial charge in [-0.05, 0) is 93.2 Å². The van der Waals surface area contributed by atoms with Crippen LogP contribution in [0.1, 0.15) is 99.3 Å². The number of amides is 2. The number of ether oxygens (including phenoxy) is 4. The Hall–Kier alpha value is -2.60. The van der Waals surface area contributed by atoms with Crippen LogP contribution in [-0.4, -0.2) is 111 Å². The lowest BCUT2D eigenvalue weighted by molar-refractivity contribution is -0.144. The van der Waals surface area contributed by atoms with Crippen molar-refractivity contribution in [3.05, 3.63) is 0 Å². The third-order valence-electron chi connectivity index (χ3n) is 6.45. The van der Waals surface area contributed by atoms with E-state index in [1.54, 1.807) is 20.8 Å². The molecule has 0 aromatic carbocycles. The summed E-state index contributed by atoms with van der Waals surface area (Å²) in [6, 6.07) is 0. The number of hydrogen-bond acceptors (Lipinski definition) is 10. The summed E-state index contributed by atoms with van der Waals surface area (Å²) in [5, 5.41) is 5.28. The number of nitrogens with zero attached hydrogens (tertiary/aromatic N) is 2. The molecule has 0 aromatic rings. The fourth-order valence-electron chi connectivity index (χ4n) is 4.28. The van der Waals surface area contributed by atoms with Gasteiger partial charge in [0.25, 0.3) is 0 Å². The summed E-state index contributed by atoms with van der Waals surface area (Å²) in [6.07, 6.45) is 5.63. The zero-order valence-electron chi connectivity index (χ0n) is 27.6. The Balaban J connectivity index is 1.92. The van der Waals surface area contributed by atoms with E-state index in [2.05, 4.69) is 20.4 Å². The van der Waals surface area contributed by atoms with Crippen molar-refractivity contribution < 1.29 is 38.1 Å². The van der Waals surface area contributed by atoms with Gasteiger partial charge in [-0.3, -0.25) is 9.59 Å². The van der Waals surface area contributed by atoms with Gasteiger partial charge in [0.05, 0.1) is 19.6 Å². The number of esters is 2. The van der Waals surface area contributed by atoms with Crippen molar-refractivity contribution in [1.82, 2.24) is 20.4 Å². The van der Waals surface area contributed by atoms with Gasteiger partial charge in [-0.25, -0.2) is 9.59 Å². The van der Waals surface area contributed by atoms with E-state index in [9.17, 15) is 19.2 Å². The summed E-state index contributed by atoms with van der Waals surface area (Å²) in [5.41, 5.74) is -1.07. The van der Waals surface area contributed by atoms with Gasteiger partial charge in [0.2, 0.25) is 0 Å². The summed E-state index contributed by atoms with van der Waals surface area (Å²) in [7, 11) is 0. The first-order valence-electron chi connectivity index (χ1n) is 15.9. The molecule has 0 bridgehead atoms. The second-order valence-corrected chi connectivity index (χ2v) is 13.0. The Morgan fingerprint density at radius 1 is 0.558 bits per heavy atom. The van der Waals surface area contributed by atoms with Crippen LogP contribution in [0.5, 0.6) is 0 Å². The molecule has 2 N–H and O–H groups in total. The molecule has 43 heavy (non-hydrogen) atoms. The molecule has 1 aliphatic heterocycles. The quantitative estimate of drug-likeness (QED) is 0.123. The van der Waals surface area contributed by atoms with Gasteiger partial charge in [0.1, 0.15) is 11.2 Å². The van der Waals surface area contributed by atoms with Gasteiger partial charge in [0.15, 0.2) is 0 Å². The van der Waals surface area contributed by atoms with E-state index in [-0.39, 0.29) is 24.9 Å². The van der Waals surface area contributed by atoms with Crippen LogP contribution in [0.25, 0.3) is 0 Å². The Kier molecular flexibility index (Phi) is 18.9. The fraction of sp³-hybridized carbons (Fsp3) is 0.871. The van der Waals surface area contributed by atoms with Gasteiger partial charge in [-0.2, -0.15) is 0 Å². The number of carbonyl (C=O) groups is 4. The van der Waals surface area contributed by atoms with Crippen molar-refractivity contribution in [2.45, 2.75) is 111 Å². The second kappa shape index (κ2) is 21.2. The molecule has 0 aliphatic carbocycles. The van der Waals surface area contributed by atoms with Crippen LogP contribution in [0.3, 0.4) is 0 Å². The summed E-state index contributed by atoms with van der Waals surface area (Å²) in [5.74, 6) is -0.473. The Morgan fingerprint density at radius 2 is 1.00 bits per heavy atom. The summed E-state index contributed by atoms with van der Waals surface area (Å²) >= 11 is 0. The molecule has 0 aromatic heterocycles. The number of piperazine rings is 1. The lowest BCUT2D eigenvalue weighted by Crippen LogP contribution is -2.46. The van der Waals surface area contributed by atoms with Crippen molar-refractivity contribution in [3.63, 3.8) is 0 Å². The zero-order chi connectivity index (χ0) is 32.1. The predicted molar refractivity (Wildman–Crippen MR) is 165 cm³/mol. The maximum Gasteiger partial charge on any atom is 0.407 e. The largest absolute Gasteiger partial charge is 0.466 e. The number of alkyl carbamates (subject to hydrolysis) is 2. The molecule has 0 radical (unpaired) electrons. The topological polar surface area (TPSA) is 136 Å². The van der Waals surface area contributed by atoms with Crippen molar-refractivity contribution in [1.29, 1.82) is 0 Å². The highest BCUT2D eigenvalue weighted by Crippen LogP contribution is 2.09. The van der Waals surface area contributed by atoms with Crippen LogP contribution in [0.2, 0.25) is 0 Å². The maximum atomic E-state index is 11.9. The molecule has 0 spiro atoms. The molecule has 1 rings (SSSR count). The minimum atomic E-state index is -0.566. The van der Waals surface area contributed by atoms with E-state index in [1.165, 1.54) is 0 Å². The van der Waals surface area contributed by atoms with E-state index < -0.39 is 23.4 Å². The molecule has 250 valence electrons. The molecule has 12 nitrogen and oxygen atoms in total. The molecule has 0 unspecified atom stereocenters. The molecule has 12 heteroatoms. The van der Waals surface area contributed by atoms with Crippen LogP contribution in [0, 0.1) is 0 Å². The number of nitrogens with one attached hydrogen (secondary N) is 2. The third-order valence-corrected chi connectivity index (χ3v) is 6.45. The molecule has 0 atom stereocenters. The van der Waals surface area contributed by atoms with E-state index in [0.717, 1.165) is 84.2 Å². The molecule has 1 aliphatic rings. The molecule has 1 heterocycles. The van der Waals surface area contributed by atoms with Gasteiger partial charge < -0.3 is 39.4 Å². The third kappa shape index (κ3) is 23.5. The van der Waals surface area contributed by atoms with Crippen LogP contribution in [0.4, 0.5) is 9.59 Å². The molecular weight excluding hydrogens is 556 g/mol. The lowest BCUT2D eigenvalue weighted by atomic mass is 10.2. The van der Waals surface area contributed by atoms with Crippen LogP contribution in [0.15, 0.2) is 0 Å². The molecule has 1 fully saturated rings. The van der Waals surface area contributed by atoms with E-state index in [0.29, 0.717) is 26.2 Å². The fourth-order valence-corrected chi connectivity index (χ4v) is 4.28. The van der Waals surface area contributed by atoms with Crippen LogP contribution >= 0.6 is 0 Å². The average molecular weight is 615 g/mol. The average Bonchev–Trinajstić information content (AvgIpc) is 2.89. The highest BCUT2D eigenvalue weighted by molar-refractivity contribution is 5.72. The van der Waals surface area contributed by atoms with Gasteiger partial charge >= 0.3 is 24.1 Å².